The summed E-state index contributed by atoms with van der Waals surface area (Å²) in [4.78, 5) is 2.15. The van der Waals surface area contributed by atoms with Crippen LogP contribution in [0.4, 0.5) is 5.95 Å². The predicted molar refractivity (Wildman–Crippen MR) is 153 cm³/mol. The van der Waals surface area contributed by atoms with Crippen molar-refractivity contribution >= 4 is 63.7 Å². The number of anilines is 1. The molecule has 1 heterocycles. The third-order valence-corrected chi connectivity index (χ3v) is 8.04. The third-order valence-electron chi connectivity index (χ3n) is 5.47. The second kappa shape index (κ2) is 14.3. The van der Waals surface area contributed by atoms with E-state index >= 15 is 0 Å². The van der Waals surface area contributed by atoms with Gasteiger partial charge >= 0.3 is 5.95 Å². The number of nitrogen functional groups attached to an aromatic ring is 1. The highest BCUT2D eigenvalue weighted by molar-refractivity contribution is 7.98. The third kappa shape index (κ3) is 7.36. The van der Waals surface area contributed by atoms with Gasteiger partial charge in [0.15, 0.2) is 0 Å². The maximum atomic E-state index is 6.69. The van der Waals surface area contributed by atoms with Gasteiger partial charge in [-0.25, -0.2) is 9.13 Å². The molecule has 1 aromatic heterocycles. The van der Waals surface area contributed by atoms with E-state index in [1.165, 1.54) is 0 Å². The number of nitrogens with two attached hydrogens (primary N) is 1. The highest BCUT2D eigenvalue weighted by atomic mass is 35.5. The van der Waals surface area contributed by atoms with E-state index < -0.39 is 0 Å². The fraction of sp³-hybridized carbons (Fsp3) is 0.296. The van der Waals surface area contributed by atoms with Crippen molar-refractivity contribution in [1.29, 1.82) is 0 Å². The van der Waals surface area contributed by atoms with Crippen molar-refractivity contribution in [3.8, 4) is 11.5 Å². The van der Waals surface area contributed by atoms with Gasteiger partial charge in [-0.15, -0.1) is 0 Å². The molecule has 0 aliphatic carbocycles. The van der Waals surface area contributed by atoms with Crippen LogP contribution in [-0.4, -0.2) is 17.8 Å². The lowest BCUT2D eigenvalue weighted by Gasteiger charge is -2.09. The molecular formula is C27H30Cl3N3O2S2. The van der Waals surface area contributed by atoms with Gasteiger partial charge in [0, 0.05) is 9.79 Å². The molecule has 0 aliphatic rings. The van der Waals surface area contributed by atoms with Crippen molar-refractivity contribution in [3.05, 3.63) is 70.7 Å². The van der Waals surface area contributed by atoms with Crippen LogP contribution in [0.5, 0.6) is 11.5 Å². The zero-order valence-corrected chi connectivity index (χ0v) is 24.7. The maximum Gasteiger partial charge on any atom is 0.357 e. The summed E-state index contributed by atoms with van der Waals surface area (Å²) in [5.74, 6) is 3.45. The van der Waals surface area contributed by atoms with E-state index in [0.717, 1.165) is 33.7 Å². The van der Waals surface area contributed by atoms with Gasteiger partial charge in [0.25, 0.3) is 0 Å². The molecule has 0 atom stereocenters. The van der Waals surface area contributed by atoms with E-state index in [1.54, 1.807) is 23.5 Å². The molecule has 198 valence electrons. The second-order valence-electron chi connectivity index (χ2n) is 8.13. The fourth-order valence-corrected chi connectivity index (χ4v) is 5.81. The molecular weight excluding hydrogens is 569 g/mol. The summed E-state index contributed by atoms with van der Waals surface area (Å²) >= 11 is 16.0. The summed E-state index contributed by atoms with van der Waals surface area (Å²) in [6, 6.07) is 20.0. The van der Waals surface area contributed by atoms with Crippen molar-refractivity contribution in [3.63, 3.8) is 0 Å². The average Bonchev–Trinajstić information content (AvgIpc) is 3.16. The van der Waals surface area contributed by atoms with Gasteiger partial charge in [0.2, 0.25) is 0 Å². The lowest BCUT2D eigenvalue weighted by atomic mass is 10.3. The number of hydrogen-bond donors (Lipinski definition) is 1. The van der Waals surface area contributed by atoms with Crippen LogP contribution in [-0.2, 0) is 11.8 Å². The molecule has 3 aromatic carbocycles. The van der Waals surface area contributed by atoms with Crippen LogP contribution in [0.25, 0.3) is 11.0 Å². The molecule has 4 aromatic rings. The molecule has 0 fully saturated rings. The van der Waals surface area contributed by atoms with Crippen LogP contribution in [0, 0.1) is 0 Å². The first-order valence-electron chi connectivity index (χ1n) is 11.9. The van der Waals surface area contributed by atoms with Gasteiger partial charge in [0.05, 0.1) is 23.3 Å². The van der Waals surface area contributed by atoms with Gasteiger partial charge in [-0.3, -0.25) is 5.73 Å². The lowest BCUT2D eigenvalue weighted by molar-refractivity contribution is -0.635. The van der Waals surface area contributed by atoms with Crippen molar-refractivity contribution in [2.24, 2.45) is 0 Å². The van der Waals surface area contributed by atoms with E-state index in [-0.39, 0.29) is 12.4 Å². The highest BCUT2D eigenvalue weighted by Crippen LogP contribution is 2.33. The van der Waals surface area contributed by atoms with Crippen LogP contribution in [0.1, 0.15) is 26.7 Å². The van der Waals surface area contributed by atoms with Gasteiger partial charge in [-0.2, -0.15) is 0 Å². The predicted octanol–water partition coefficient (Wildman–Crippen LogP) is 4.90. The summed E-state index contributed by atoms with van der Waals surface area (Å²) in [6.45, 7) is 5.43. The molecule has 0 bridgehead atoms. The molecule has 0 radical (unpaired) electrons. The van der Waals surface area contributed by atoms with E-state index in [4.69, 9.17) is 38.4 Å². The van der Waals surface area contributed by atoms with E-state index in [2.05, 4.69) is 35.1 Å². The summed E-state index contributed by atoms with van der Waals surface area (Å²) < 4.78 is 15.9. The number of rotatable bonds is 12. The van der Waals surface area contributed by atoms with Gasteiger partial charge in [-0.1, -0.05) is 72.7 Å². The largest absolute Gasteiger partial charge is 1.00 e. The Morgan fingerprint density at radius 3 is 2.00 bits per heavy atom. The number of hydrogen-bond acceptors (Lipinski definition) is 5. The molecule has 0 saturated heterocycles. The van der Waals surface area contributed by atoms with Crippen LogP contribution < -0.4 is 32.2 Å². The van der Waals surface area contributed by atoms with E-state index in [0.29, 0.717) is 52.5 Å². The van der Waals surface area contributed by atoms with Crippen molar-refractivity contribution < 1.29 is 26.4 Å². The molecule has 5 nitrogen and oxygen atoms in total. The van der Waals surface area contributed by atoms with Gasteiger partial charge < -0.3 is 21.9 Å². The minimum absolute atomic E-state index is 0. The monoisotopic (exact) mass is 597 g/mol. The molecule has 4 rings (SSSR count). The highest BCUT2D eigenvalue weighted by Gasteiger charge is 2.21. The topological polar surface area (TPSA) is 53.3 Å². The van der Waals surface area contributed by atoms with Crippen LogP contribution in [0.15, 0.2) is 70.5 Å². The standard InChI is InChI=1S/C27H29Cl2N3O2S2.ClH/c1-3-13-33-25-15-19(9-11-21(25)28)35-17-31-23-7-5-6-8-24(23)32(27(31)30)18-36-20-10-12-22(29)26(16-20)34-14-4-2;/h5-12,15-16,30H,3-4,13-14,17-18H2,1-2H3;1H. The normalized spacial score (nSPS) is 10.9. The summed E-state index contributed by atoms with van der Waals surface area (Å²) in [6.07, 6.45) is 1.86. The Kier molecular flexibility index (Phi) is 11.5. The minimum Gasteiger partial charge on any atom is -1.00 e. The lowest BCUT2D eigenvalue weighted by Crippen LogP contribution is -3.00. The Morgan fingerprint density at radius 1 is 0.838 bits per heavy atom. The molecule has 0 aliphatic heterocycles. The minimum atomic E-state index is 0. The number of fused-ring (bicyclic) bond motifs is 1. The SMILES string of the molecule is CCCOc1cc(SCn2c(N)[n+](CSc3ccc(Cl)c(OCCC)c3)c3ccccc32)ccc1Cl.[Cl-]. The van der Waals surface area contributed by atoms with E-state index in [1.807, 2.05) is 48.5 Å². The molecule has 2 N–H and O–H groups in total. The number of para-hydroxylation sites is 2. The zero-order valence-electron chi connectivity index (χ0n) is 20.8. The summed E-state index contributed by atoms with van der Waals surface area (Å²) in [5.41, 5.74) is 8.86. The number of thioether (sulfide) groups is 2. The first-order chi connectivity index (χ1) is 17.5. The Morgan fingerprint density at radius 2 is 1.41 bits per heavy atom. The first-order valence-corrected chi connectivity index (χ1v) is 14.6. The Balaban J connectivity index is 0.00000380. The Labute approximate surface area is 243 Å². The quantitative estimate of drug-likeness (QED) is 0.186. The summed E-state index contributed by atoms with van der Waals surface area (Å²) in [7, 11) is 0. The van der Waals surface area contributed by atoms with Crippen molar-refractivity contribution in [2.75, 3.05) is 18.9 Å². The number of ether oxygens (including phenoxy) is 2. The van der Waals surface area contributed by atoms with Gasteiger partial charge in [0.1, 0.15) is 34.3 Å². The number of imidazole rings is 1. The van der Waals surface area contributed by atoms with Crippen LogP contribution in [0.3, 0.4) is 0 Å². The Bertz CT molecular complexity index is 1240. The van der Waals surface area contributed by atoms with Crippen molar-refractivity contribution in [2.45, 2.75) is 48.2 Å². The molecule has 0 unspecified atom stereocenters. The summed E-state index contributed by atoms with van der Waals surface area (Å²) in [5, 5.41) is 1.25. The first kappa shape index (κ1) is 29.7. The Hall–Kier alpha value is -1.90. The molecule has 10 heteroatoms. The van der Waals surface area contributed by atoms with E-state index in [9.17, 15) is 0 Å². The number of nitrogens with zero attached hydrogens (tertiary/aromatic N) is 2. The molecule has 0 spiro atoms. The van der Waals surface area contributed by atoms with Crippen LogP contribution >= 0.6 is 46.7 Å². The van der Waals surface area contributed by atoms with Crippen molar-refractivity contribution in [1.82, 2.24) is 4.57 Å². The maximum absolute atomic E-state index is 6.69. The number of halogens is 3. The second-order valence-corrected chi connectivity index (χ2v) is 11.0. The van der Waals surface area contributed by atoms with Gasteiger partial charge in [-0.05, 0) is 61.4 Å². The number of aromatic nitrogens is 2. The fourth-order valence-electron chi connectivity index (χ4n) is 3.65. The molecule has 0 saturated carbocycles. The zero-order chi connectivity index (χ0) is 25.5. The smallest absolute Gasteiger partial charge is 0.357 e. The molecule has 0 amide bonds. The van der Waals surface area contributed by atoms with Crippen LogP contribution in [0.2, 0.25) is 10.0 Å². The average molecular weight is 599 g/mol. The number of benzene rings is 3. The molecule has 37 heavy (non-hydrogen) atoms.